The van der Waals surface area contributed by atoms with E-state index in [0.29, 0.717) is 18.9 Å². The second kappa shape index (κ2) is 7.90. The van der Waals surface area contributed by atoms with Crippen molar-refractivity contribution in [3.63, 3.8) is 0 Å². The van der Waals surface area contributed by atoms with E-state index in [-0.39, 0.29) is 5.91 Å². The van der Waals surface area contributed by atoms with Crippen LogP contribution in [0.25, 0.3) is 0 Å². The molecule has 0 radical (unpaired) electrons. The van der Waals surface area contributed by atoms with Crippen LogP contribution in [0.1, 0.15) is 48.8 Å². The van der Waals surface area contributed by atoms with Crippen LogP contribution in [0.2, 0.25) is 0 Å². The van der Waals surface area contributed by atoms with Crippen LogP contribution in [0.3, 0.4) is 0 Å². The Morgan fingerprint density at radius 2 is 1.92 bits per heavy atom. The fourth-order valence-corrected chi connectivity index (χ4v) is 4.15. The smallest absolute Gasteiger partial charge is 0.220 e. The van der Waals surface area contributed by atoms with Gasteiger partial charge in [-0.15, -0.1) is 0 Å². The van der Waals surface area contributed by atoms with Gasteiger partial charge in [0.15, 0.2) is 0 Å². The summed E-state index contributed by atoms with van der Waals surface area (Å²) in [5, 5.41) is 3.05. The molecule has 0 atom stereocenters. The van der Waals surface area contributed by atoms with Gasteiger partial charge in [0.2, 0.25) is 5.91 Å². The summed E-state index contributed by atoms with van der Waals surface area (Å²) < 4.78 is 0. The van der Waals surface area contributed by atoms with Crippen LogP contribution >= 0.6 is 0 Å². The number of nitrogens with zero attached hydrogens (tertiary/aromatic N) is 2. The Bertz CT molecular complexity index is 750. The van der Waals surface area contributed by atoms with Gasteiger partial charge in [0.25, 0.3) is 0 Å². The van der Waals surface area contributed by atoms with E-state index in [9.17, 15) is 4.79 Å². The van der Waals surface area contributed by atoms with Crippen LogP contribution in [-0.4, -0.2) is 17.4 Å². The summed E-state index contributed by atoms with van der Waals surface area (Å²) in [6.07, 6.45) is 8.63. The summed E-state index contributed by atoms with van der Waals surface area (Å²) in [5.74, 6) is 1.78. The van der Waals surface area contributed by atoms with E-state index >= 15 is 0 Å². The van der Waals surface area contributed by atoms with E-state index in [4.69, 9.17) is 0 Å². The minimum absolute atomic E-state index is 0.175. The van der Waals surface area contributed by atoms with Crippen molar-refractivity contribution in [2.75, 3.05) is 11.4 Å². The number of rotatable bonds is 5. The molecule has 1 aliphatic carbocycles. The summed E-state index contributed by atoms with van der Waals surface area (Å²) in [7, 11) is 0. The first kappa shape index (κ1) is 17.1. The molecule has 1 N–H and O–H groups in total. The average molecular weight is 349 g/mol. The fraction of sp³-hybridized carbons (Fsp3) is 0.455. The molecule has 2 aromatic rings. The maximum Gasteiger partial charge on any atom is 0.220 e. The van der Waals surface area contributed by atoms with Gasteiger partial charge in [0.1, 0.15) is 5.82 Å². The zero-order valence-electron chi connectivity index (χ0n) is 15.3. The van der Waals surface area contributed by atoms with Crippen molar-refractivity contribution < 1.29 is 4.79 Å². The zero-order chi connectivity index (χ0) is 17.8. The lowest BCUT2D eigenvalue weighted by Crippen LogP contribution is -2.31. The van der Waals surface area contributed by atoms with Crippen molar-refractivity contribution >= 4 is 11.7 Å². The van der Waals surface area contributed by atoms with Crippen LogP contribution in [0.5, 0.6) is 0 Å². The number of fused-ring (bicyclic) bond motifs is 1. The third-order valence-corrected chi connectivity index (χ3v) is 5.70. The number of carbonyl (C=O) groups is 1. The molecule has 4 nitrogen and oxygen atoms in total. The van der Waals surface area contributed by atoms with Crippen molar-refractivity contribution in [2.45, 2.75) is 51.6 Å². The number of pyridine rings is 1. The molecular formula is C22H27N3O. The van der Waals surface area contributed by atoms with E-state index in [0.717, 1.165) is 30.9 Å². The minimum atomic E-state index is 0.175. The van der Waals surface area contributed by atoms with Gasteiger partial charge in [-0.2, -0.15) is 0 Å². The minimum Gasteiger partial charge on any atom is -0.352 e. The van der Waals surface area contributed by atoms with E-state index < -0.39 is 0 Å². The monoisotopic (exact) mass is 349 g/mol. The maximum absolute atomic E-state index is 12.1. The number of hydrogen-bond acceptors (Lipinski definition) is 3. The molecule has 4 rings (SSSR count). The van der Waals surface area contributed by atoms with Crippen molar-refractivity contribution in [1.29, 1.82) is 0 Å². The van der Waals surface area contributed by atoms with Gasteiger partial charge in [-0.1, -0.05) is 43.2 Å². The number of aromatic nitrogens is 1. The molecule has 2 aliphatic rings. The lowest BCUT2D eigenvalue weighted by molar-refractivity contribution is -0.122. The van der Waals surface area contributed by atoms with Crippen LogP contribution in [0.15, 0.2) is 42.6 Å². The van der Waals surface area contributed by atoms with E-state index in [1.165, 1.54) is 36.8 Å². The molecule has 1 amide bonds. The molecule has 1 aromatic heterocycles. The third kappa shape index (κ3) is 4.06. The molecule has 1 aliphatic heterocycles. The Hall–Kier alpha value is -2.36. The second-order valence-corrected chi connectivity index (χ2v) is 7.60. The predicted octanol–water partition coefficient (Wildman–Crippen LogP) is 3.84. The van der Waals surface area contributed by atoms with Crippen molar-refractivity contribution in [1.82, 2.24) is 10.3 Å². The van der Waals surface area contributed by atoms with Crippen LogP contribution in [-0.2, 0) is 24.3 Å². The predicted molar refractivity (Wildman–Crippen MR) is 104 cm³/mol. The van der Waals surface area contributed by atoms with E-state index in [1.54, 1.807) is 0 Å². The molecule has 26 heavy (non-hydrogen) atoms. The molecule has 4 heteroatoms. The van der Waals surface area contributed by atoms with Crippen molar-refractivity contribution in [3.05, 3.63) is 59.3 Å². The Balaban J connectivity index is 1.30. The number of benzene rings is 1. The molecule has 0 bridgehead atoms. The lowest BCUT2D eigenvalue weighted by atomic mass is 10.00. The largest absolute Gasteiger partial charge is 0.352 e. The highest BCUT2D eigenvalue weighted by atomic mass is 16.1. The highest BCUT2D eigenvalue weighted by molar-refractivity contribution is 5.76. The number of hydrogen-bond donors (Lipinski definition) is 1. The Morgan fingerprint density at radius 3 is 2.69 bits per heavy atom. The first-order chi connectivity index (χ1) is 12.8. The molecular weight excluding hydrogens is 322 g/mol. The number of carbonyl (C=O) groups excluding carboxylic acids is 1. The molecule has 0 saturated heterocycles. The summed E-state index contributed by atoms with van der Waals surface area (Å²) in [5.41, 5.74) is 3.90. The normalized spacial score (nSPS) is 17.2. The lowest BCUT2D eigenvalue weighted by Gasteiger charge is -2.29. The van der Waals surface area contributed by atoms with Crippen molar-refractivity contribution in [3.8, 4) is 0 Å². The molecule has 2 heterocycles. The Kier molecular flexibility index (Phi) is 5.19. The topological polar surface area (TPSA) is 45.2 Å². The SMILES string of the molecule is O=C(CC1CCCC1)NCc1ccc(N2CCc3ccccc3C2)nc1. The Morgan fingerprint density at radius 1 is 1.12 bits per heavy atom. The van der Waals surface area contributed by atoms with E-state index in [1.807, 2.05) is 6.20 Å². The zero-order valence-corrected chi connectivity index (χ0v) is 15.3. The summed E-state index contributed by atoms with van der Waals surface area (Å²) in [6.45, 7) is 2.49. The number of amides is 1. The first-order valence-electron chi connectivity index (χ1n) is 9.81. The Labute approximate surface area is 155 Å². The van der Waals surface area contributed by atoms with Gasteiger partial charge >= 0.3 is 0 Å². The fourth-order valence-electron chi connectivity index (χ4n) is 4.15. The number of nitrogens with one attached hydrogen (secondary N) is 1. The summed E-state index contributed by atoms with van der Waals surface area (Å²) in [6, 6.07) is 12.8. The first-order valence-corrected chi connectivity index (χ1v) is 9.81. The van der Waals surface area contributed by atoms with Gasteiger partial charge in [0.05, 0.1) is 0 Å². The average Bonchev–Trinajstić information content (AvgIpc) is 3.19. The molecule has 1 saturated carbocycles. The molecule has 1 fully saturated rings. The third-order valence-electron chi connectivity index (χ3n) is 5.70. The molecule has 0 unspecified atom stereocenters. The van der Waals surface area contributed by atoms with Gasteiger partial charge in [-0.05, 0) is 47.9 Å². The second-order valence-electron chi connectivity index (χ2n) is 7.60. The summed E-state index contributed by atoms with van der Waals surface area (Å²) in [4.78, 5) is 19.0. The quantitative estimate of drug-likeness (QED) is 0.892. The van der Waals surface area contributed by atoms with Gasteiger partial charge < -0.3 is 10.2 Å². The highest BCUT2D eigenvalue weighted by Gasteiger charge is 2.19. The summed E-state index contributed by atoms with van der Waals surface area (Å²) >= 11 is 0. The number of anilines is 1. The van der Waals surface area contributed by atoms with Crippen molar-refractivity contribution in [2.24, 2.45) is 5.92 Å². The van der Waals surface area contributed by atoms with Crippen LogP contribution < -0.4 is 10.2 Å². The van der Waals surface area contributed by atoms with Crippen LogP contribution in [0, 0.1) is 5.92 Å². The molecule has 136 valence electrons. The highest BCUT2D eigenvalue weighted by Crippen LogP contribution is 2.27. The maximum atomic E-state index is 12.1. The van der Waals surface area contributed by atoms with E-state index in [2.05, 4.69) is 51.6 Å². The standard InChI is InChI=1S/C22H27N3O/c26-22(13-17-5-1-2-6-17)24-15-18-9-10-21(23-14-18)25-12-11-19-7-3-4-8-20(19)16-25/h3-4,7-10,14,17H,1-2,5-6,11-13,15-16H2,(H,24,26). The van der Waals surface area contributed by atoms with Crippen LogP contribution in [0.4, 0.5) is 5.82 Å². The van der Waals surface area contributed by atoms with Gasteiger partial charge in [-0.25, -0.2) is 4.98 Å². The molecule has 1 aromatic carbocycles. The van der Waals surface area contributed by atoms with Gasteiger partial charge in [-0.3, -0.25) is 4.79 Å². The molecule has 0 spiro atoms. The van der Waals surface area contributed by atoms with Gasteiger partial charge in [0, 0.05) is 32.3 Å².